The molecule has 0 radical (unpaired) electrons. The Labute approximate surface area is 119 Å². The molecule has 5 nitrogen and oxygen atoms in total. The number of aromatic nitrogens is 4. The summed E-state index contributed by atoms with van der Waals surface area (Å²) in [5.74, 6) is 1.67. The van der Waals surface area contributed by atoms with Gasteiger partial charge in [-0.2, -0.15) is 0 Å². The van der Waals surface area contributed by atoms with Crippen molar-refractivity contribution in [3.05, 3.63) is 23.8 Å². The number of nitrogens with zero attached hydrogens (tertiary/aromatic N) is 4. The number of hydrogen-bond donors (Lipinski definition) is 1. The van der Waals surface area contributed by atoms with Crippen LogP contribution in [0.25, 0.3) is 11.4 Å². The first kappa shape index (κ1) is 13.1. The van der Waals surface area contributed by atoms with Crippen molar-refractivity contribution < 1.29 is 0 Å². The Morgan fingerprint density at radius 1 is 1.30 bits per heavy atom. The standard InChI is InChI=1S/C15H21N5/c1-11-13(7-4-8-14(11)16)15-17-18-19-20(15)10-9-12-5-2-3-6-12/h4,7-8,12H,2-3,5-6,9-10,16H2,1H3. The number of nitrogen functional groups attached to an aromatic ring is 1. The van der Waals surface area contributed by atoms with Gasteiger partial charge in [-0.15, -0.1) is 5.10 Å². The molecule has 3 rings (SSSR count). The molecule has 5 heteroatoms. The average Bonchev–Trinajstić information content (AvgIpc) is 3.10. The summed E-state index contributed by atoms with van der Waals surface area (Å²) in [5.41, 5.74) is 8.83. The van der Waals surface area contributed by atoms with E-state index in [1.54, 1.807) is 0 Å². The summed E-state index contributed by atoms with van der Waals surface area (Å²) in [6.07, 6.45) is 6.63. The molecule has 0 aliphatic heterocycles. The lowest BCUT2D eigenvalue weighted by molar-refractivity contribution is 0.436. The Morgan fingerprint density at radius 2 is 2.10 bits per heavy atom. The lowest BCUT2D eigenvalue weighted by Gasteiger charge is -2.11. The lowest BCUT2D eigenvalue weighted by atomic mass is 10.0. The van der Waals surface area contributed by atoms with Crippen LogP contribution < -0.4 is 5.73 Å². The maximum Gasteiger partial charge on any atom is 0.182 e. The highest BCUT2D eigenvalue weighted by atomic mass is 15.5. The Kier molecular flexibility index (Phi) is 3.67. The predicted molar refractivity (Wildman–Crippen MR) is 79.0 cm³/mol. The molecule has 1 saturated carbocycles. The van der Waals surface area contributed by atoms with Gasteiger partial charge in [-0.1, -0.05) is 37.8 Å². The van der Waals surface area contributed by atoms with Crippen LogP contribution >= 0.6 is 0 Å². The van der Waals surface area contributed by atoms with Crippen molar-refractivity contribution in [2.75, 3.05) is 5.73 Å². The second-order valence-corrected chi connectivity index (χ2v) is 5.68. The van der Waals surface area contributed by atoms with Gasteiger partial charge < -0.3 is 5.73 Å². The van der Waals surface area contributed by atoms with E-state index in [9.17, 15) is 0 Å². The summed E-state index contributed by atoms with van der Waals surface area (Å²) in [5, 5.41) is 12.2. The average molecular weight is 271 g/mol. The van der Waals surface area contributed by atoms with E-state index in [1.807, 2.05) is 29.8 Å². The zero-order chi connectivity index (χ0) is 13.9. The SMILES string of the molecule is Cc1c(N)cccc1-c1nnnn1CCC1CCCC1. The molecule has 0 atom stereocenters. The molecule has 106 valence electrons. The minimum absolute atomic E-state index is 0.785. The van der Waals surface area contributed by atoms with Crippen LogP contribution in [0.1, 0.15) is 37.7 Å². The Hall–Kier alpha value is -1.91. The van der Waals surface area contributed by atoms with Gasteiger partial charge in [0.15, 0.2) is 5.82 Å². The molecule has 1 aromatic carbocycles. The number of rotatable bonds is 4. The third kappa shape index (κ3) is 2.53. The van der Waals surface area contributed by atoms with E-state index in [-0.39, 0.29) is 0 Å². The van der Waals surface area contributed by atoms with Crippen LogP contribution in [0.5, 0.6) is 0 Å². The molecular weight excluding hydrogens is 250 g/mol. The smallest absolute Gasteiger partial charge is 0.182 e. The molecule has 1 fully saturated rings. The van der Waals surface area contributed by atoms with Crippen LogP contribution in [0.2, 0.25) is 0 Å². The topological polar surface area (TPSA) is 69.6 Å². The zero-order valence-electron chi connectivity index (χ0n) is 11.9. The van der Waals surface area contributed by atoms with Crippen LogP contribution in [0.4, 0.5) is 5.69 Å². The van der Waals surface area contributed by atoms with Gasteiger partial charge in [0.25, 0.3) is 0 Å². The van der Waals surface area contributed by atoms with Crippen molar-refractivity contribution in [3.63, 3.8) is 0 Å². The van der Waals surface area contributed by atoms with Crippen molar-refractivity contribution in [1.82, 2.24) is 20.2 Å². The van der Waals surface area contributed by atoms with Crippen LogP contribution in [0.15, 0.2) is 18.2 Å². The molecule has 1 heterocycles. The number of hydrogen-bond acceptors (Lipinski definition) is 4. The van der Waals surface area contributed by atoms with E-state index in [0.717, 1.165) is 35.1 Å². The molecule has 1 aliphatic carbocycles. The van der Waals surface area contributed by atoms with Gasteiger partial charge in [0.1, 0.15) is 0 Å². The number of anilines is 1. The molecule has 2 aromatic rings. The highest BCUT2D eigenvalue weighted by Crippen LogP contribution is 2.29. The summed E-state index contributed by atoms with van der Waals surface area (Å²) >= 11 is 0. The van der Waals surface area contributed by atoms with Gasteiger partial charge in [-0.3, -0.25) is 0 Å². The monoisotopic (exact) mass is 271 g/mol. The van der Waals surface area contributed by atoms with Crippen LogP contribution in [0, 0.1) is 12.8 Å². The van der Waals surface area contributed by atoms with Crippen molar-refractivity contribution in [2.24, 2.45) is 5.92 Å². The third-order valence-corrected chi connectivity index (χ3v) is 4.37. The van der Waals surface area contributed by atoms with E-state index in [0.29, 0.717) is 0 Å². The second-order valence-electron chi connectivity index (χ2n) is 5.68. The van der Waals surface area contributed by atoms with Gasteiger partial charge >= 0.3 is 0 Å². The fourth-order valence-corrected chi connectivity index (χ4v) is 3.05. The Morgan fingerprint density at radius 3 is 2.90 bits per heavy atom. The van der Waals surface area contributed by atoms with Gasteiger partial charge in [-0.05, 0) is 41.3 Å². The van der Waals surface area contributed by atoms with E-state index in [1.165, 1.54) is 32.1 Å². The molecule has 0 bridgehead atoms. The maximum absolute atomic E-state index is 5.97. The Balaban J connectivity index is 1.80. The van der Waals surface area contributed by atoms with Crippen molar-refractivity contribution in [2.45, 2.75) is 45.6 Å². The molecule has 1 aromatic heterocycles. The Bertz CT molecular complexity index is 584. The number of benzene rings is 1. The second kappa shape index (κ2) is 5.61. The highest BCUT2D eigenvalue weighted by Gasteiger charge is 2.17. The first-order valence-electron chi connectivity index (χ1n) is 7.37. The molecule has 0 saturated heterocycles. The van der Waals surface area contributed by atoms with Gasteiger partial charge in [0.05, 0.1) is 0 Å². The highest BCUT2D eigenvalue weighted by molar-refractivity contribution is 5.67. The summed E-state index contributed by atoms with van der Waals surface area (Å²) in [6.45, 7) is 2.90. The normalized spacial score (nSPS) is 15.8. The van der Waals surface area contributed by atoms with Gasteiger partial charge in [0.2, 0.25) is 0 Å². The number of nitrogens with two attached hydrogens (primary N) is 1. The molecule has 2 N–H and O–H groups in total. The fraction of sp³-hybridized carbons (Fsp3) is 0.533. The first-order valence-corrected chi connectivity index (χ1v) is 7.37. The first-order chi connectivity index (χ1) is 9.75. The molecule has 0 amide bonds. The summed E-state index contributed by atoms with van der Waals surface area (Å²) < 4.78 is 1.92. The molecule has 0 unspecified atom stereocenters. The molecular formula is C15H21N5. The van der Waals surface area contributed by atoms with Crippen LogP contribution in [-0.2, 0) is 6.54 Å². The summed E-state index contributed by atoms with van der Waals surface area (Å²) in [6, 6.07) is 5.89. The van der Waals surface area contributed by atoms with Gasteiger partial charge in [0, 0.05) is 17.8 Å². The fourth-order valence-electron chi connectivity index (χ4n) is 3.05. The van der Waals surface area contributed by atoms with E-state index >= 15 is 0 Å². The quantitative estimate of drug-likeness (QED) is 0.868. The van der Waals surface area contributed by atoms with Crippen molar-refractivity contribution in [3.8, 4) is 11.4 Å². The summed E-state index contributed by atoms with van der Waals surface area (Å²) in [7, 11) is 0. The number of aryl methyl sites for hydroxylation is 1. The van der Waals surface area contributed by atoms with Crippen molar-refractivity contribution >= 4 is 5.69 Å². The van der Waals surface area contributed by atoms with Crippen LogP contribution in [0.3, 0.4) is 0 Å². The van der Waals surface area contributed by atoms with Crippen molar-refractivity contribution in [1.29, 1.82) is 0 Å². The summed E-state index contributed by atoms with van der Waals surface area (Å²) in [4.78, 5) is 0. The largest absolute Gasteiger partial charge is 0.398 e. The third-order valence-electron chi connectivity index (χ3n) is 4.37. The van der Waals surface area contributed by atoms with E-state index in [4.69, 9.17) is 5.73 Å². The zero-order valence-corrected chi connectivity index (χ0v) is 11.9. The van der Waals surface area contributed by atoms with E-state index < -0.39 is 0 Å². The van der Waals surface area contributed by atoms with E-state index in [2.05, 4.69) is 15.5 Å². The number of tetrazole rings is 1. The molecule has 0 spiro atoms. The minimum Gasteiger partial charge on any atom is -0.398 e. The molecule has 20 heavy (non-hydrogen) atoms. The molecule has 1 aliphatic rings. The maximum atomic E-state index is 5.97. The lowest BCUT2D eigenvalue weighted by Crippen LogP contribution is -2.07. The van der Waals surface area contributed by atoms with Crippen LogP contribution in [-0.4, -0.2) is 20.2 Å². The predicted octanol–water partition coefficient (Wildman–Crippen LogP) is 2.81. The van der Waals surface area contributed by atoms with Gasteiger partial charge in [-0.25, -0.2) is 4.68 Å². The minimum atomic E-state index is 0.785.